The first-order valence-corrected chi connectivity index (χ1v) is 10.8. The molecule has 0 aliphatic heterocycles. The summed E-state index contributed by atoms with van der Waals surface area (Å²) in [6.07, 6.45) is 0.885. The van der Waals surface area contributed by atoms with Crippen LogP contribution in [0.3, 0.4) is 0 Å². The second-order valence-corrected chi connectivity index (χ2v) is 7.38. The van der Waals surface area contributed by atoms with Crippen molar-refractivity contribution in [1.82, 2.24) is 30.7 Å². The Balaban J connectivity index is 1.69. The molecule has 2 heterocycles. The zero-order valence-corrected chi connectivity index (χ0v) is 19.4. The average Bonchev–Trinajstić information content (AvgIpc) is 3.52. The molecule has 12 nitrogen and oxygen atoms in total. The predicted octanol–water partition coefficient (Wildman–Crippen LogP) is 2.85. The summed E-state index contributed by atoms with van der Waals surface area (Å²) in [4.78, 5) is 13.1. The first-order valence-electron chi connectivity index (χ1n) is 10.8. The molecule has 0 aliphatic rings. The molecule has 0 saturated carbocycles. The van der Waals surface area contributed by atoms with Crippen molar-refractivity contribution < 1.29 is 18.9 Å². The molecule has 4 aromatic rings. The van der Waals surface area contributed by atoms with Crippen LogP contribution in [-0.4, -0.2) is 50.6 Å². The van der Waals surface area contributed by atoms with Crippen molar-refractivity contribution in [3.63, 3.8) is 0 Å². The van der Waals surface area contributed by atoms with Gasteiger partial charge < -0.3 is 15.2 Å². The van der Waals surface area contributed by atoms with Gasteiger partial charge in [0.25, 0.3) is 5.91 Å². The minimum atomic E-state index is -0.582. The van der Waals surface area contributed by atoms with Gasteiger partial charge >= 0.3 is 0 Å². The van der Waals surface area contributed by atoms with Crippen molar-refractivity contribution in [2.45, 2.75) is 20.3 Å². The quantitative estimate of drug-likeness (QED) is 0.274. The number of hydrazone groups is 1. The highest BCUT2D eigenvalue weighted by molar-refractivity contribution is 6.03. The lowest BCUT2D eigenvalue weighted by Crippen LogP contribution is -2.21. The van der Waals surface area contributed by atoms with E-state index in [9.17, 15) is 4.79 Å². The van der Waals surface area contributed by atoms with Crippen LogP contribution in [0.4, 0.5) is 5.82 Å². The molecule has 12 heteroatoms. The van der Waals surface area contributed by atoms with Gasteiger partial charge in [0.15, 0.2) is 5.69 Å². The van der Waals surface area contributed by atoms with E-state index in [4.69, 9.17) is 19.8 Å². The highest BCUT2D eigenvalue weighted by Gasteiger charge is 2.25. The summed E-state index contributed by atoms with van der Waals surface area (Å²) in [5.74, 6) is 0.846. The molecule has 2 aromatic carbocycles. The number of amides is 1. The van der Waals surface area contributed by atoms with Gasteiger partial charge in [0, 0.05) is 11.1 Å². The van der Waals surface area contributed by atoms with E-state index in [2.05, 4.69) is 31.2 Å². The van der Waals surface area contributed by atoms with Gasteiger partial charge in [-0.15, -0.1) is 5.10 Å². The molecule has 35 heavy (non-hydrogen) atoms. The summed E-state index contributed by atoms with van der Waals surface area (Å²) in [7, 11) is 1.57. The fraction of sp³-hybridized carbons (Fsp3) is 0.217. The van der Waals surface area contributed by atoms with Crippen LogP contribution >= 0.6 is 0 Å². The molecule has 2 aromatic heterocycles. The van der Waals surface area contributed by atoms with Gasteiger partial charge in [0.05, 0.1) is 19.4 Å². The lowest BCUT2D eigenvalue weighted by atomic mass is 10.1. The normalized spacial score (nSPS) is 11.3. The number of ether oxygens (including phenoxy) is 2. The molecule has 0 fully saturated rings. The van der Waals surface area contributed by atoms with Crippen LogP contribution in [0.1, 0.15) is 36.3 Å². The van der Waals surface area contributed by atoms with Crippen LogP contribution < -0.4 is 20.6 Å². The van der Waals surface area contributed by atoms with Gasteiger partial charge in [-0.05, 0) is 60.1 Å². The number of rotatable bonds is 9. The maximum absolute atomic E-state index is 13.1. The highest BCUT2D eigenvalue weighted by atomic mass is 16.6. The van der Waals surface area contributed by atoms with Crippen molar-refractivity contribution in [2.24, 2.45) is 5.10 Å². The Morgan fingerprint density at radius 1 is 1.17 bits per heavy atom. The number of methoxy groups -OCH3 is 1. The summed E-state index contributed by atoms with van der Waals surface area (Å²) >= 11 is 0. The van der Waals surface area contributed by atoms with Gasteiger partial charge in [0.1, 0.15) is 17.2 Å². The van der Waals surface area contributed by atoms with Crippen LogP contribution in [0.2, 0.25) is 0 Å². The molecule has 0 bridgehead atoms. The standard InChI is InChI=1S/C23H24N8O4/c1-4-13-34-16-11-9-15(10-12-16)20-19(26-30-31(20)22-21(24)28-35-29-22)23(32)27-25-14(2)17-7-5-6-8-18(17)33-3/h5-12H,4,13H2,1-3H3,(H2,24,28)(H,27,32)/b25-14+. The monoisotopic (exact) mass is 476 g/mol. The van der Waals surface area contributed by atoms with Crippen molar-refractivity contribution in [3.05, 3.63) is 59.8 Å². The molecule has 0 saturated heterocycles. The molecule has 0 radical (unpaired) electrons. The van der Waals surface area contributed by atoms with Gasteiger partial charge in [-0.25, -0.2) is 10.1 Å². The van der Waals surface area contributed by atoms with Crippen LogP contribution in [-0.2, 0) is 0 Å². The molecular formula is C23H24N8O4. The third kappa shape index (κ3) is 4.95. The van der Waals surface area contributed by atoms with E-state index in [1.807, 2.05) is 31.2 Å². The number of anilines is 1. The Morgan fingerprint density at radius 2 is 1.94 bits per heavy atom. The number of nitrogens with one attached hydrogen (secondary N) is 1. The molecule has 180 valence electrons. The largest absolute Gasteiger partial charge is 0.496 e. The smallest absolute Gasteiger partial charge is 0.294 e. The van der Waals surface area contributed by atoms with Crippen molar-refractivity contribution in [1.29, 1.82) is 0 Å². The van der Waals surface area contributed by atoms with Gasteiger partial charge in [0.2, 0.25) is 11.6 Å². The topological polar surface area (TPSA) is 156 Å². The first kappa shape index (κ1) is 23.4. The number of carbonyl (C=O) groups excluding carboxylic acids is 1. The summed E-state index contributed by atoms with van der Waals surface area (Å²) in [5, 5.41) is 19.7. The van der Waals surface area contributed by atoms with Gasteiger partial charge in [-0.3, -0.25) is 4.79 Å². The zero-order chi connectivity index (χ0) is 24.8. The number of hydrogen-bond donors (Lipinski definition) is 2. The minimum absolute atomic E-state index is 0.00366. The lowest BCUT2D eigenvalue weighted by Gasteiger charge is -2.09. The SMILES string of the molecule is CCCOc1ccc(-c2c(C(=O)N/N=C(\C)c3ccccc3OC)nnn2-c2nonc2N)cc1. The van der Waals surface area contributed by atoms with E-state index in [1.165, 1.54) is 4.68 Å². The molecule has 0 atom stereocenters. The first-order chi connectivity index (χ1) is 17.0. The minimum Gasteiger partial charge on any atom is -0.496 e. The molecular weight excluding hydrogens is 452 g/mol. The summed E-state index contributed by atoms with van der Waals surface area (Å²) in [6.45, 7) is 4.38. The maximum atomic E-state index is 13.1. The predicted molar refractivity (Wildman–Crippen MR) is 128 cm³/mol. The van der Waals surface area contributed by atoms with E-state index in [0.717, 1.165) is 12.0 Å². The highest BCUT2D eigenvalue weighted by Crippen LogP contribution is 2.28. The van der Waals surface area contributed by atoms with Crippen LogP contribution in [0, 0.1) is 0 Å². The number of benzene rings is 2. The van der Waals surface area contributed by atoms with E-state index >= 15 is 0 Å². The number of hydrogen-bond acceptors (Lipinski definition) is 10. The Kier molecular flexibility index (Phi) is 7.00. The number of para-hydroxylation sites is 1. The average molecular weight is 476 g/mol. The Hall–Kier alpha value is -4.74. The van der Waals surface area contributed by atoms with Crippen LogP contribution in [0.5, 0.6) is 11.5 Å². The third-order valence-corrected chi connectivity index (χ3v) is 5.00. The molecule has 0 spiro atoms. The Morgan fingerprint density at radius 3 is 2.63 bits per heavy atom. The van der Waals surface area contributed by atoms with Gasteiger partial charge in [-0.2, -0.15) is 9.78 Å². The fourth-order valence-electron chi connectivity index (χ4n) is 3.30. The van der Waals surface area contributed by atoms with Crippen molar-refractivity contribution >= 4 is 17.4 Å². The number of carbonyl (C=O) groups is 1. The molecule has 0 unspecified atom stereocenters. The third-order valence-electron chi connectivity index (χ3n) is 5.00. The van der Waals surface area contributed by atoms with Crippen molar-refractivity contribution in [2.75, 3.05) is 19.5 Å². The van der Waals surface area contributed by atoms with Crippen molar-refractivity contribution in [3.8, 4) is 28.6 Å². The summed E-state index contributed by atoms with van der Waals surface area (Å²) in [5.41, 5.74) is 10.6. The summed E-state index contributed by atoms with van der Waals surface area (Å²) < 4.78 is 17.0. The lowest BCUT2D eigenvalue weighted by molar-refractivity contribution is 0.0950. The van der Waals surface area contributed by atoms with E-state index in [0.29, 0.717) is 35.1 Å². The van der Waals surface area contributed by atoms with Crippen LogP contribution in [0.25, 0.3) is 17.1 Å². The second-order valence-electron chi connectivity index (χ2n) is 7.38. The Labute approximate surface area is 200 Å². The second kappa shape index (κ2) is 10.5. The number of nitrogens with two attached hydrogens (primary N) is 1. The molecule has 3 N–H and O–H groups in total. The number of aromatic nitrogens is 5. The number of nitrogen functional groups attached to an aromatic ring is 1. The fourth-order valence-corrected chi connectivity index (χ4v) is 3.30. The van der Waals surface area contributed by atoms with E-state index in [-0.39, 0.29) is 17.3 Å². The van der Waals surface area contributed by atoms with E-state index < -0.39 is 5.91 Å². The molecule has 0 aliphatic carbocycles. The number of nitrogens with zero attached hydrogens (tertiary/aromatic N) is 6. The zero-order valence-electron chi connectivity index (χ0n) is 19.4. The van der Waals surface area contributed by atoms with E-state index in [1.54, 1.807) is 38.3 Å². The molecule has 4 rings (SSSR count). The van der Waals surface area contributed by atoms with Crippen LogP contribution in [0.15, 0.2) is 58.3 Å². The van der Waals surface area contributed by atoms with Gasteiger partial charge in [-0.1, -0.05) is 24.3 Å². The molecule has 1 amide bonds. The summed E-state index contributed by atoms with van der Waals surface area (Å²) in [6, 6.07) is 14.5. The maximum Gasteiger partial charge on any atom is 0.294 e. The Bertz CT molecular complexity index is 1340.